The predicted molar refractivity (Wildman–Crippen MR) is 77.7 cm³/mol. The zero-order chi connectivity index (χ0) is 15.4. The van der Waals surface area contributed by atoms with Crippen molar-refractivity contribution in [3.8, 4) is 0 Å². The highest BCUT2D eigenvalue weighted by molar-refractivity contribution is 5.76. The molecule has 0 radical (unpaired) electrons. The van der Waals surface area contributed by atoms with Gasteiger partial charge < -0.3 is 11.1 Å². The molecule has 0 bridgehead atoms. The lowest BCUT2D eigenvalue weighted by Crippen LogP contribution is -2.13. The molecule has 2 aromatic carbocycles. The van der Waals surface area contributed by atoms with Crippen LogP contribution in [-0.4, -0.2) is 5.91 Å². The van der Waals surface area contributed by atoms with Gasteiger partial charge in [0.15, 0.2) is 0 Å². The maximum absolute atomic E-state index is 13.7. The standard InChI is InChI=1S/C16H16F2N2O/c1-10(14-9-12(17)4-7-15(14)18)20-13-5-2-11(3-6-13)8-16(19)21/h2-7,9-10,20H,8H2,1H3,(H2,19,21). The number of benzene rings is 2. The molecule has 0 saturated carbocycles. The minimum Gasteiger partial charge on any atom is -0.378 e. The van der Waals surface area contributed by atoms with Crippen LogP contribution in [0.1, 0.15) is 24.1 Å². The van der Waals surface area contributed by atoms with E-state index in [1.165, 1.54) is 6.07 Å². The number of carbonyl (C=O) groups is 1. The zero-order valence-electron chi connectivity index (χ0n) is 11.6. The normalized spacial score (nSPS) is 12.0. The van der Waals surface area contributed by atoms with Crippen molar-refractivity contribution in [2.45, 2.75) is 19.4 Å². The second kappa shape index (κ2) is 6.35. The number of hydrogen-bond donors (Lipinski definition) is 2. The van der Waals surface area contributed by atoms with Crippen molar-refractivity contribution in [3.63, 3.8) is 0 Å². The molecule has 0 fully saturated rings. The summed E-state index contributed by atoms with van der Waals surface area (Å²) >= 11 is 0. The molecule has 2 rings (SSSR count). The average molecular weight is 290 g/mol. The van der Waals surface area contributed by atoms with Gasteiger partial charge in [0, 0.05) is 11.3 Å². The molecule has 5 heteroatoms. The minimum atomic E-state index is -0.475. The summed E-state index contributed by atoms with van der Waals surface area (Å²) in [6, 6.07) is 10.1. The van der Waals surface area contributed by atoms with Crippen molar-refractivity contribution >= 4 is 11.6 Å². The number of nitrogens with one attached hydrogen (secondary N) is 1. The summed E-state index contributed by atoms with van der Waals surface area (Å²) in [5.41, 5.74) is 6.93. The van der Waals surface area contributed by atoms with Crippen molar-refractivity contribution in [2.75, 3.05) is 5.32 Å². The summed E-state index contributed by atoms with van der Waals surface area (Å²) in [4.78, 5) is 10.8. The second-order valence-electron chi connectivity index (χ2n) is 4.87. The zero-order valence-corrected chi connectivity index (χ0v) is 11.6. The van der Waals surface area contributed by atoms with Crippen LogP contribution in [0.3, 0.4) is 0 Å². The van der Waals surface area contributed by atoms with Gasteiger partial charge in [-0.05, 0) is 42.8 Å². The molecule has 2 aromatic rings. The first-order valence-electron chi connectivity index (χ1n) is 6.54. The van der Waals surface area contributed by atoms with E-state index in [0.29, 0.717) is 0 Å². The molecule has 3 nitrogen and oxygen atoms in total. The molecule has 0 heterocycles. The van der Waals surface area contributed by atoms with Crippen LogP contribution in [0.5, 0.6) is 0 Å². The highest BCUT2D eigenvalue weighted by atomic mass is 19.1. The molecule has 21 heavy (non-hydrogen) atoms. The Balaban J connectivity index is 2.10. The van der Waals surface area contributed by atoms with Gasteiger partial charge in [0.2, 0.25) is 5.91 Å². The van der Waals surface area contributed by atoms with Crippen molar-refractivity contribution in [1.82, 2.24) is 0 Å². The topological polar surface area (TPSA) is 55.1 Å². The van der Waals surface area contributed by atoms with Crippen LogP contribution in [0.4, 0.5) is 14.5 Å². The number of primary amides is 1. The fourth-order valence-corrected chi connectivity index (χ4v) is 2.09. The molecule has 0 aliphatic heterocycles. The van der Waals surface area contributed by atoms with E-state index < -0.39 is 17.5 Å². The summed E-state index contributed by atoms with van der Waals surface area (Å²) < 4.78 is 26.9. The predicted octanol–water partition coefficient (Wildman–Crippen LogP) is 3.17. The number of nitrogens with two attached hydrogens (primary N) is 1. The Morgan fingerprint density at radius 1 is 1.19 bits per heavy atom. The van der Waals surface area contributed by atoms with E-state index in [9.17, 15) is 13.6 Å². The third kappa shape index (κ3) is 4.02. The quantitative estimate of drug-likeness (QED) is 0.888. The number of carbonyl (C=O) groups excluding carboxylic acids is 1. The van der Waals surface area contributed by atoms with Gasteiger partial charge in [-0.15, -0.1) is 0 Å². The third-order valence-corrected chi connectivity index (χ3v) is 3.14. The van der Waals surface area contributed by atoms with Crippen LogP contribution >= 0.6 is 0 Å². The number of rotatable bonds is 5. The van der Waals surface area contributed by atoms with E-state index in [4.69, 9.17) is 5.73 Å². The molecule has 1 amide bonds. The van der Waals surface area contributed by atoms with E-state index in [-0.39, 0.29) is 18.0 Å². The Hall–Kier alpha value is -2.43. The molecule has 0 aromatic heterocycles. The second-order valence-corrected chi connectivity index (χ2v) is 4.87. The van der Waals surface area contributed by atoms with E-state index in [1.54, 1.807) is 31.2 Å². The first-order valence-corrected chi connectivity index (χ1v) is 6.54. The maximum Gasteiger partial charge on any atom is 0.221 e. The fraction of sp³-hybridized carbons (Fsp3) is 0.188. The van der Waals surface area contributed by atoms with Crippen LogP contribution in [0.25, 0.3) is 0 Å². The van der Waals surface area contributed by atoms with Crippen LogP contribution in [-0.2, 0) is 11.2 Å². The Bertz CT molecular complexity index is 641. The minimum absolute atomic E-state index is 0.175. The molecule has 0 aliphatic carbocycles. The van der Waals surface area contributed by atoms with Gasteiger partial charge >= 0.3 is 0 Å². The molecule has 1 atom stereocenters. The van der Waals surface area contributed by atoms with Crippen LogP contribution in [0.2, 0.25) is 0 Å². The first-order chi connectivity index (χ1) is 9.95. The number of amides is 1. The Kier molecular flexibility index (Phi) is 4.52. The number of anilines is 1. The molecular formula is C16H16F2N2O. The van der Waals surface area contributed by atoms with Gasteiger partial charge in [-0.1, -0.05) is 12.1 Å². The van der Waals surface area contributed by atoms with E-state index in [0.717, 1.165) is 23.4 Å². The van der Waals surface area contributed by atoms with E-state index in [1.807, 2.05) is 0 Å². The third-order valence-electron chi connectivity index (χ3n) is 3.14. The molecule has 3 N–H and O–H groups in total. The Morgan fingerprint density at radius 2 is 1.86 bits per heavy atom. The van der Waals surface area contributed by atoms with Gasteiger partial charge in [0.1, 0.15) is 11.6 Å². The van der Waals surface area contributed by atoms with E-state index >= 15 is 0 Å². The van der Waals surface area contributed by atoms with Crippen LogP contribution < -0.4 is 11.1 Å². The molecule has 0 spiro atoms. The molecule has 110 valence electrons. The largest absolute Gasteiger partial charge is 0.378 e. The number of hydrogen-bond acceptors (Lipinski definition) is 2. The Morgan fingerprint density at radius 3 is 2.48 bits per heavy atom. The van der Waals surface area contributed by atoms with Crippen LogP contribution in [0.15, 0.2) is 42.5 Å². The maximum atomic E-state index is 13.7. The smallest absolute Gasteiger partial charge is 0.221 e. The molecule has 0 saturated heterocycles. The fourth-order valence-electron chi connectivity index (χ4n) is 2.09. The summed E-state index contributed by atoms with van der Waals surface area (Å²) in [6.45, 7) is 1.75. The van der Waals surface area contributed by atoms with Crippen molar-refractivity contribution in [3.05, 3.63) is 65.2 Å². The lowest BCUT2D eigenvalue weighted by Gasteiger charge is -2.16. The highest BCUT2D eigenvalue weighted by Crippen LogP contribution is 2.22. The lowest BCUT2D eigenvalue weighted by atomic mass is 10.1. The van der Waals surface area contributed by atoms with Gasteiger partial charge in [-0.3, -0.25) is 4.79 Å². The molecular weight excluding hydrogens is 274 g/mol. The first kappa shape index (κ1) is 15.0. The van der Waals surface area contributed by atoms with Crippen molar-refractivity contribution in [2.24, 2.45) is 5.73 Å². The molecule has 1 unspecified atom stereocenters. The molecule has 0 aliphatic rings. The van der Waals surface area contributed by atoms with Crippen molar-refractivity contribution < 1.29 is 13.6 Å². The summed E-state index contributed by atoms with van der Waals surface area (Å²) in [5, 5.41) is 3.08. The van der Waals surface area contributed by atoms with Gasteiger partial charge in [0.05, 0.1) is 12.5 Å². The Labute approximate surface area is 121 Å². The van der Waals surface area contributed by atoms with Gasteiger partial charge in [0.25, 0.3) is 0 Å². The summed E-state index contributed by atoms with van der Waals surface area (Å²) in [5.74, 6) is -1.33. The van der Waals surface area contributed by atoms with E-state index in [2.05, 4.69) is 5.32 Å². The summed E-state index contributed by atoms with van der Waals surface area (Å²) in [7, 11) is 0. The average Bonchev–Trinajstić information content (AvgIpc) is 2.43. The van der Waals surface area contributed by atoms with Crippen LogP contribution in [0, 0.1) is 11.6 Å². The van der Waals surface area contributed by atoms with Gasteiger partial charge in [-0.25, -0.2) is 8.78 Å². The summed E-state index contributed by atoms with van der Waals surface area (Å²) in [6.07, 6.45) is 0.175. The number of halogens is 2. The highest BCUT2D eigenvalue weighted by Gasteiger charge is 2.12. The monoisotopic (exact) mass is 290 g/mol. The van der Waals surface area contributed by atoms with Crippen molar-refractivity contribution in [1.29, 1.82) is 0 Å². The lowest BCUT2D eigenvalue weighted by molar-refractivity contribution is -0.117. The SMILES string of the molecule is CC(Nc1ccc(CC(N)=O)cc1)c1cc(F)ccc1F. The van der Waals surface area contributed by atoms with Gasteiger partial charge in [-0.2, -0.15) is 0 Å².